The molecule has 43 heavy (non-hydrogen) atoms. The van der Waals surface area contributed by atoms with E-state index in [2.05, 4.69) is 25.7 Å². The van der Waals surface area contributed by atoms with Gasteiger partial charge in [0, 0.05) is 39.7 Å². The summed E-state index contributed by atoms with van der Waals surface area (Å²) in [5, 5.41) is 13.9. The Morgan fingerprint density at radius 2 is 1.74 bits per heavy atom. The van der Waals surface area contributed by atoms with Crippen molar-refractivity contribution < 1.29 is 37.6 Å². The Hall–Kier alpha value is -3.74. The zero-order valence-corrected chi connectivity index (χ0v) is 25.7. The number of aliphatic hydroxyl groups is 1. The second-order valence-electron chi connectivity index (χ2n) is 10.3. The van der Waals surface area contributed by atoms with Gasteiger partial charge >= 0.3 is 6.61 Å². The van der Waals surface area contributed by atoms with Gasteiger partial charge in [0.15, 0.2) is 11.5 Å². The molecule has 0 amide bonds. The molecule has 2 unspecified atom stereocenters. The number of ether oxygens (including phenoxy) is 5. The first kappa shape index (κ1) is 30.7. The van der Waals surface area contributed by atoms with E-state index in [-0.39, 0.29) is 23.7 Å². The average molecular weight is 661 g/mol. The van der Waals surface area contributed by atoms with Crippen molar-refractivity contribution in [1.29, 1.82) is 0 Å². The van der Waals surface area contributed by atoms with E-state index in [9.17, 15) is 13.9 Å². The van der Waals surface area contributed by atoms with Crippen LogP contribution >= 0.6 is 15.9 Å². The molecule has 0 radical (unpaired) electrons. The first-order valence-corrected chi connectivity index (χ1v) is 14.3. The fraction of sp³-hybridized carbons (Fsp3) is 0.355. The van der Waals surface area contributed by atoms with Gasteiger partial charge in [-0.15, -0.1) is 0 Å². The van der Waals surface area contributed by atoms with E-state index >= 15 is 0 Å². The molecule has 5 rings (SSSR count). The van der Waals surface area contributed by atoms with Crippen molar-refractivity contribution in [1.82, 2.24) is 14.9 Å². The monoisotopic (exact) mass is 659 g/mol. The highest BCUT2D eigenvalue weighted by molar-refractivity contribution is 9.10. The van der Waals surface area contributed by atoms with Crippen molar-refractivity contribution in [2.75, 3.05) is 48.1 Å². The van der Waals surface area contributed by atoms with Crippen LogP contribution in [0.25, 0.3) is 10.9 Å². The average Bonchev–Trinajstić information content (AvgIpc) is 2.99. The molecule has 1 aliphatic heterocycles. The number of hydrogen-bond acceptors (Lipinski definition) is 9. The van der Waals surface area contributed by atoms with E-state index in [1.165, 1.54) is 26.4 Å². The van der Waals surface area contributed by atoms with E-state index in [0.717, 1.165) is 9.86 Å². The van der Waals surface area contributed by atoms with E-state index in [1.54, 1.807) is 6.07 Å². The third kappa shape index (κ3) is 6.46. The van der Waals surface area contributed by atoms with Crippen molar-refractivity contribution in [3.8, 4) is 29.1 Å². The van der Waals surface area contributed by atoms with Crippen LogP contribution in [0.5, 0.6) is 29.1 Å². The van der Waals surface area contributed by atoms with Gasteiger partial charge in [0.05, 0.1) is 25.7 Å². The molecule has 0 aliphatic carbocycles. The molecule has 0 saturated carbocycles. The fourth-order valence-corrected chi connectivity index (χ4v) is 5.74. The van der Waals surface area contributed by atoms with Gasteiger partial charge in [0.2, 0.25) is 17.6 Å². The maximum absolute atomic E-state index is 13.4. The van der Waals surface area contributed by atoms with Gasteiger partial charge in [-0.05, 0) is 56.4 Å². The molecule has 2 aromatic heterocycles. The molecule has 0 bridgehead atoms. The lowest BCUT2D eigenvalue weighted by molar-refractivity contribution is -0.0538. The Balaban J connectivity index is 1.85. The van der Waals surface area contributed by atoms with Crippen LogP contribution in [0.2, 0.25) is 0 Å². The summed E-state index contributed by atoms with van der Waals surface area (Å²) in [6.07, 6.45) is 0.149. The number of alkyl halides is 2. The maximum Gasteiger partial charge on any atom is 0.388 e. The topological polar surface area (TPSA) is 95.4 Å². The van der Waals surface area contributed by atoms with Crippen molar-refractivity contribution in [3.63, 3.8) is 0 Å². The van der Waals surface area contributed by atoms with E-state index in [1.807, 2.05) is 55.4 Å². The van der Waals surface area contributed by atoms with Gasteiger partial charge in [0.1, 0.15) is 18.8 Å². The number of benzene rings is 2. The third-order valence-corrected chi connectivity index (χ3v) is 7.79. The quantitative estimate of drug-likeness (QED) is 0.216. The number of aromatic nitrogens is 2. The summed E-state index contributed by atoms with van der Waals surface area (Å²) >= 11 is 3.54. The number of fused-ring (bicyclic) bond motifs is 2. The van der Waals surface area contributed by atoms with E-state index < -0.39 is 24.0 Å². The Labute approximate surface area is 256 Å². The zero-order valence-electron chi connectivity index (χ0n) is 24.1. The summed E-state index contributed by atoms with van der Waals surface area (Å²) in [4.78, 5) is 10.7. The van der Waals surface area contributed by atoms with Crippen molar-refractivity contribution in [2.24, 2.45) is 0 Å². The van der Waals surface area contributed by atoms with Crippen molar-refractivity contribution in [2.45, 2.75) is 24.6 Å². The third-order valence-electron chi connectivity index (χ3n) is 7.30. The first-order chi connectivity index (χ1) is 20.6. The van der Waals surface area contributed by atoms with Gasteiger partial charge in [-0.2, -0.15) is 13.8 Å². The Bertz CT molecular complexity index is 1610. The van der Waals surface area contributed by atoms with Crippen LogP contribution in [0.1, 0.15) is 29.0 Å². The Morgan fingerprint density at radius 1 is 0.977 bits per heavy atom. The van der Waals surface area contributed by atoms with Crippen molar-refractivity contribution >= 4 is 26.8 Å². The molecular formula is C31H32BrF2N3O6. The van der Waals surface area contributed by atoms with Crippen LogP contribution in [0.3, 0.4) is 0 Å². The van der Waals surface area contributed by atoms with Crippen LogP contribution in [0, 0.1) is 0 Å². The minimum Gasteiger partial charge on any atom is -0.486 e. The lowest BCUT2D eigenvalue weighted by Gasteiger charge is -2.40. The number of methoxy groups -OCH3 is 2. The largest absolute Gasteiger partial charge is 0.486 e. The minimum absolute atomic E-state index is 0.00242. The molecule has 3 heterocycles. The molecule has 228 valence electrons. The summed E-state index contributed by atoms with van der Waals surface area (Å²) in [6, 6.07) is 15.9. The summed E-state index contributed by atoms with van der Waals surface area (Å²) in [5.74, 6) is -0.0355. The lowest BCUT2D eigenvalue weighted by atomic mass is 9.71. The smallest absolute Gasteiger partial charge is 0.388 e. The second kappa shape index (κ2) is 12.9. The molecule has 0 saturated heterocycles. The number of rotatable bonds is 11. The molecule has 0 fully saturated rings. The fourth-order valence-electron chi connectivity index (χ4n) is 5.36. The van der Waals surface area contributed by atoms with Crippen LogP contribution < -0.4 is 23.7 Å². The van der Waals surface area contributed by atoms with E-state index in [0.29, 0.717) is 47.9 Å². The molecular weight excluding hydrogens is 628 g/mol. The molecule has 1 N–H and O–H groups in total. The Kier molecular flexibility index (Phi) is 9.19. The number of nitrogens with zero attached hydrogens (tertiary/aromatic N) is 3. The molecule has 9 nitrogen and oxygen atoms in total. The highest BCUT2D eigenvalue weighted by Gasteiger charge is 2.45. The Morgan fingerprint density at radius 3 is 2.47 bits per heavy atom. The number of para-hydroxylation sites is 1. The maximum atomic E-state index is 13.4. The first-order valence-electron chi connectivity index (χ1n) is 13.5. The number of pyridine rings is 2. The summed E-state index contributed by atoms with van der Waals surface area (Å²) in [5.41, 5.74) is 0.287. The number of hydrogen-bond donors (Lipinski definition) is 1. The summed E-state index contributed by atoms with van der Waals surface area (Å²) in [7, 11) is 6.63. The standard InChI is InChI=1S/C31H32BrF2N3O6/c1-37(2)11-10-31(38,19-16-25(39-3)36-26(17-19)43-30(33)34)27(21-6-5-7-24-28(21)42-13-12-41-24)22-15-18-14-20(32)8-9-23(18)35-29(22)40-4/h5-9,14-17,27,30,38H,10-13H2,1-4H3. The normalized spacial score (nSPS) is 14.9. The van der Waals surface area contributed by atoms with E-state index in [4.69, 9.17) is 23.9 Å². The molecule has 12 heteroatoms. The van der Waals surface area contributed by atoms with Crippen LogP contribution in [0.15, 0.2) is 59.1 Å². The van der Waals surface area contributed by atoms with Gasteiger partial charge in [0.25, 0.3) is 0 Å². The minimum atomic E-state index is -3.13. The van der Waals surface area contributed by atoms with Gasteiger partial charge in [-0.3, -0.25) is 0 Å². The van der Waals surface area contributed by atoms with Crippen LogP contribution in [0.4, 0.5) is 8.78 Å². The van der Waals surface area contributed by atoms with Gasteiger partial charge in [-0.1, -0.05) is 28.1 Å². The lowest BCUT2D eigenvalue weighted by Crippen LogP contribution is -2.38. The van der Waals surface area contributed by atoms with Crippen molar-refractivity contribution in [3.05, 3.63) is 75.8 Å². The molecule has 2 atom stereocenters. The summed E-state index contributed by atoms with van der Waals surface area (Å²) in [6.45, 7) is -2.03. The van der Waals surface area contributed by atoms with Crippen LogP contribution in [-0.2, 0) is 5.60 Å². The highest BCUT2D eigenvalue weighted by atomic mass is 79.9. The predicted octanol–water partition coefficient (Wildman–Crippen LogP) is 5.75. The second-order valence-corrected chi connectivity index (χ2v) is 11.2. The summed E-state index contributed by atoms with van der Waals surface area (Å²) < 4.78 is 55.5. The van der Waals surface area contributed by atoms with Crippen LogP contribution in [-0.4, -0.2) is 74.7 Å². The zero-order chi connectivity index (χ0) is 30.7. The molecule has 2 aromatic carbocycles. The number of halogens is 3. The van der Waals surface area contributed by atoms with Gasteiger partial charge in [-0.25, -0.2) is 4.98 Å². The predicted molar refractivity (Wildman–Crippen MR) is 160 cm³/mol. The molecule has 4 aromatic rings. The van der Waals surface area contributed by atoms with Gasteiger partial charge < -0.3 is 33.7 Å². The molecule has 1 aliphatic rings. The SMILES string of the molecule is COc1cc(C(O)(CCN(C)C)C(c2cc3cc(Br)ccc3nc2OC)c2cccc3c2OCCO3)cc(OC(F)F)n1. The molecule has 0 spiro atoms. The highest BCUT2D eigenvalue weighted by Crippen LogP contribution is 2.52.